The highest BCUT2D eigenvalue weighted by molar-refractivity contribution is 5.76. The highest BCUT2D eigenvalue weighted by Gasteiger charge is 2.31. The van der Waals surface area contributed by atoms with E-state index in [1.54, 1.807) is 0 Å². The number of carboxylic acids is 1. The van der Waals surface area contributed by atoms with Crippen molar-refractivity contribution in [2.75, 3.05) is 13.1 Å². The molecular formula is C13H22N2O3. The first-order valence-electron chi connectivity index (χ1n) is 6.93. The van der Waals surface area contributed by atoms with Crippen LogP contribution < -0.4 is 5.32 Å². The van der Waals surface area contributed by atoms with Gasteiger partial charge in [-0.3, -0.25) is 4.79 Å². The molecule has 102 valence electrons. The zero-order valence-corrected chi connectivity index (χ0v) is 10.7. The minimum absolute atomic E-state index is 0.0106. The third-order valence-corrected chi connectivity index (χ3v) is 3.99. The van der Waals surface area contributed by atoms with Crippen molar-refractivity contribution in [1.29, 1.82) is 0 Å². The van der Waals surface area contributed by atoms with Gasteiger partial charge in [0.15, 0.2) is 0 Å². The first kappa shape index (κ1) is 13.2. The van der Waals surface area contributed by atoms with Crippen LogP contribution in [0.5, 0.6) is 0 Å². The van der Waals surface area contributed by atoms with Gasteiger partial charge >= 0.3 is 12.0 Å². The van der Waals surface area contributed by atoms with Crippen LogP contribution in [0.2, 0.25) is 0 Å². The third-order valence-electron chi connectivity index (χ3n) is 3.99. The number of hydrogen-bond acceptors (Lipinski definition) is 2. The molecule has 2 amide bonds. The summed E-state index contributed by atoms with van der Waals surface area (Å²) in [7, 11) is 0. The zero-order valence-electron chi connectivity index (χ0n) is 10.7. The number of urea groups is 1. The van der Waals surface area contributed by atoms with E-state index >= 15 is 0 Å². The topological polar surface area (TPSA) is 69.6 Å². The number of rotatable bonds is 3. The van der Waals surface area contributed by atoms with Gasteiger partial charge < -0.3 is 15.3 Å². The van der Waals surface area contributed by atoms with Crippen LogP contribution >= 0.6 is 0 Å². The van der Waals surface area contributed by atoms with Crippen LogP contribution in [0.25, 0.3) is 0 Å². The molecule has 18 heavy (non-hydrogen) atoms. The fourth-order valence-corrected chi connectivity index (χ4v) is 3.03. The van der Waals surface area contributed by atoms with Crippen LogP contribution in [-0.4, -0.2) is 41.1 Å². The minimum Gasteiger partial charge on any atom is -0.481 e. The van der Waals surface area contributed by atoms with Gasteiger partial charge in [-0.2, -0.15) is 0 Å². The van der Waals surface area contributed by atoms with Crippen molar-refractivity contribution < 1.29 is 14.7 Å². The van der Waals surface area contributed by atoms with Crippen LogP contribution in [0.3, 0.4) is 0 Å². The molecule has 1 unspecified atom stereocenters. The molecule has 2 fully saturated rings. The molecule has 1 atom stereocenters. The molecular weight excluding hydrogens is 232 g/mol. The molecule has 0 bridgehead atoms. The highest BCUT2D eigenvalue weighted by atomic mass is 16.4. The van der Waals surface area contributed by atoms with Gasteiger partial charge in [-0.15, -0.1) is 0 Å². The van der Waals surface area contributed by atoms with E-state index in [1.807, 2.05) is 4.90 Å². The van der Waals surface area contributed by atoms with Crippen LogP contribution in [-0.2, 0) is 4.79 Å². The van der Waals surface area contributed by atoms with Gasteiger partial charge in [-0.05, 0) is 12.8 Å². The molecule has 1 aliphatic carbocycles. The van der Waals surface area contributed by atoms with Gasteiger partial charge in [0.05, 0.1) is 6.42 Å². The Morgan fingerprint density at radius 1 is 1.28 bits per heavy atom. The van der Waals surface area contributed by atoms with Crippen molar-refractivity contribution >= 4 is 12.0 Å². The number of hydrogen-bond donors (Lipinski definition) is 2. The van der Waals surface area contributed by atoms with E-state index in [1.165, 1.54) is 25.7 Å². The number of carbonyl (C=O) groups is 2. The number of nitrogens with zero attached hydrogens (tertiary/aromatic N) is 1. The SMILES string of the molecule is O=C(O)CC1CNC(=O)N(C2CCCCCC2)C1. The fourth-order valence-electron chi connectivity index (χ4n) is 3.03. The quantitative estimate of drug-likeness (QED) is 0.755. The van der Waals surface area contributed by atoms with Gasteiger partial charge in [0.1, 0.15) is 0 Å². The Balaban J connectivity index is 1.95. The molecule has 2 aliphatic rings. The normalized spacial score (nSPS) is 26.6. The molecule has 1 aliphatic heterocycles. The summed E-state index contributed by atoms with van der Waals surface area (Å²) in [5.41, 5.74) is 0. The summed E-state index contributed by atoms with van der Waals surface area (Å²) in [6.45, 7) is 1.09. The Morgan fingerprint density at radius 2 is 1.94 bits per heavy atom. The maximum atomic E-state index is 11.9. The monoisotopic (exact) mass is 254 g/mol. The summed E-state index contributed by atoms with van der Waals surface area (Å²) in [5.74, 6) is -0.736. The molecule has 0 spiro atoms. The minimum atomic E-state index is -0.781. The third kappa shape index (κ3) is 3.37. The van der Waals surface area contributed by atoms with Crippen LogP contribution in [0.15, 0.2) is 0 Å². The maximum Gasteiger partial charge on any atom is 0.317 e. The lowest BCUT2D eigenvalue weighted by atomic mass is 9.99. The second-order valence-corrected chi connectivity index (χ2v) is 5.45. The molecule has 0 aromatic rings. The van der Waals surface area contributed by atoms with Crippen molar-refractivity contribution in [1.82, 2.24) is 10.2 Å². The van der Waals surface area contributed by atoms with E-state index < -0.39 is 5.97 Å². The molecule has 0 aromatic heterocycles. The molecule has 1 saturated carbocycles. The first-order valence-corrected chi connectivity index (χ1v) is 6.93. The molecule has 1 saturated heterocycles. The molecule has 2 rings (SSSR count). The van der Waals surface area contributed by atoms with E-state index in [0.717, 1.165) is 12.8 Å². The Kier molecular flexibility index (Phi) is 4.44. The lowest BCUT2D eigenvalue weighted by Gasteiger charge is -2.38. The fraction of sp³-hybridized carbons (Fsp3) is 0.846. The van der Waals surface area contributed by atoms with Gasteiger partial charge in [-0.25, -0.2) is 4.79 Å². The Morgan fingerprint density at radius 3 is 2.56 bits per heavy atom. The van der Waals surface area contributed by atoms with E-state index in [0.29, 0.717) is 19.1 Å². The van der Waals surface area contributed by atoms with Crippen molar-refractivity contribution in [3.8, 4) is 0 Å². The number of aliphatic carboxylic acids is 1. The molecule has 5 nitrogen and oxygen atoms in total. The van der Waals surface area contributed by atoms with Crippen molar-refractivity contribution in [3.63, 3.8) is 0 Å². The van der Waals surface area contributed by atoms with E-state index in [2.05, 4.69) is 5.32 Å². The number of carbonyl (C=O) groups excluding carboxylic acids is 1. The second kappa shape index (κ2) is 6.07. The van der Waals surface area contributed by atoms with Crippen LogP contribution in [0.1, 0.15) is 44.9 Å². The highest BCUT2D eigenvalue weighted by Crippen LogP contribution is 2.24. The summed E-state index contributed by atoms with van der Waals surface area (Å²) < 4.78 is 0. The lowest BCUT2D eigenvalue weighted by molar-refractivity contribution is -0.138. The summed E-state index contributed by atoms with van der Waals surface area (Å²) >= 11 is 0. The lowest BCUT2D eigenvalue weighted by Crippen LogP contribution is -2.55. The Hall–Kier alpha value is -1.26. The predicted octanol–water partition coefficient (Wildman–Crippen LogP) is 1.83. The zero-order chi connectivity index (χ0) is 13.0. The van der Waals surface area contributed by atoms with Crippen LogP contribution in [0, 0.1) is 5.92 Å². The standard InChI is InChI=1S/C13H22N2O3/c16-12(17)7-10-8-14-13(18)15(9-10)11-5-3-1-2-4-6-11/h10-11H,1-9H2,(H,14,18)(H,16,17). The molecule has 5 heteroatoms. The summed E-state index contributed by atoms with van der Waals surface area (Å²) in [5, 5.41) is 11.7. The van der Waals surface area contributed by atoms with Gasteiger partial charge in [-0.1, -0.05) is 25.7 Å². The van der Waals surface area contributed by atoms with E-state index in [-0.39, 0.29) is 18.4 Å². The Labute approximate surface area is 108 Å². The van der Waals surface area contributed by atoms with Gasteiger partial charge in [0, 0.05) is 25.0 Å². The van der Waals surface area contributed by atoms with E-state index in [9.17, 15) is 9.59 Å². The van der Waals surface area contributed by atoms with Crippen molar-refractivity contribution in [3.05, 3.63) is 0 Å². The van der Waals surface area contributed by atoms with Crippen molar-refractivity contribution in [2.45, 2.75) is 51.0 Å². The van der Waals surface area contributed by atoms with Crippen molar-refractivity contribution in [2.24, 2.45) is 5.92 Å². The molecule has 2 N–H and O–H groups in total. The number of amides is 2. The number of carboxylic acid groups (broad SMARTS) is 1. The largest absolute Gasteiger partial charge is 0.481 e. The summed E-state index contributed by atoms with van der Waals surface area (Å²) in [6.07, 6.45) is 7.13. The van der Waals surface area contributed by atoms with Gasteiger partial charge in [0.2, 0.25) is 0 Å². The summed E-state index contributed by atoms with van der Waals surface area (Å²) in [4.78, 5) is 24.5. The van der Waals surface area contributed by atoms with E-state index in [4.69, 9.17) is 5.11 Å². The molecule has 0 aromatic carbocycles. The number of nitrogens with one attached hydrogen (secondary N) is 1. The predicted molar refractivity (Wildman–Crippen MR) is 67.3 cm³/mol. The van der Waals surface area contributed by atoms with Crippen LogP contribution in [0.4, 0.5) is 4.79 Å². The molecule has 1 heterocycles. The average Bonchev–Trinajstić information content (AvgIpc) is 2.59. The van der Waals surface area contributed by atoms with Gasteiger partial charge in [0.25, 0.3) is 0 Å². The average molecular weight is 254 g/mol. The maximum absolute atomic E-state index is 11.9. The first-order chi connectivity index (χ1) is 8.66. The second-order valence-electron chi connectivity index (χ2n) is 5.45. The summed E-state index contributed by atoms with van der Waals surface area (Å²) in [6, 6.07) is 0.299. The smallest absolute Gasteiger partial charge is 0.317 e. The molecule has 0 radical (unpaired) electrons. The Bertz CT molecular complexity index is 311.